The number of nitrogens with zero attached hydrogens (tertiary/aromatic N) is 1. The van der Waals surface area contributed by atoms with Gasteiger partial charge in [0.15, 0.2) is 0 Å². The minimum absolute atomic E-state index is 0.0722. The highest BCUT2D eigenvalue weighted by Gasteiger charge is 2.35. The van der Waals surface area contributed by atoms with Gasteiger partial charge in [-0.25, -0.2) is 0 Å². The molecule has 3 rings (SSSR count). The standard InChI is InChI=1S/C20H23NO4S/c1-4-25-17-8-6-5-7-16(17)20-21(19(22)13-26-20)12-14-9-10-15(23-2)11-18(14)24-3/h5-11,20H,4,12-13H2,1-3H3. The van der Waals surface area contributed by atoms with E-state index in [-0.39, 0.29) is 11.3 Å². The third kappa shape index (κ3) is 3.75. The van der Waals surface area contributed by atoms with Crippen molar-refractivity contribution >= 4 is 17.7 Å². The highest BCUT2D eigenvalue weighted by Crippen LogP contribution is 2.43. The fourth-order valence-electron chi connectivity index (χ4n) is 3.02. The molecule has 1 heterocycles. The lowest BCUT2D eigenvalue weighted by atomic mass is 10.1. The minimum Gasteiger partial charge on any atom is -0.497 e. The molecule has 6 heteroatoms. The predicted octanol–water partition coefficient (Wildman–Crippen LogP) is 3.88. The predicted molar refractivity (Wildman–Crippen MR) is 103 cm³/mol. The molecule has 1 unspecified atom stereocenters. The summed E-state index contributed by atoms with van der Waals surface area (Å²) in [6, 6.07) is 13.6. The summed E-state index contributed by atoms with van der Waals surface area (Å²) in [5.41, 5.74) is 1.97. The number of amides is 1. The molecular weight excluding hydrogens is 350 g/mol. The van der Waals surface area contributed by atoms with Crippen molar-refractivity contribution in [1.82, 2.24) is 4.90 Å². The van der Waals surface area contributed by atoms with E-state index in [2.05, 4.69) is 0 Å². The van der Waals surface area contributed by atoms with Crippen LogP contribution in [-0.2, 0) is 11.3 Å². The third-order valence-electron chi connectivity index (χ3n) is 4.29. The number of benzene rings is 2. The molecule has 26 heavy (non-hydrogen) atoms. The first-order chi connectivity index (χ1) is 12.7. The van der Waals surface area contributed by atoms with Gasteiger partial charge in [0.2, 0.25) is 5.91 Å². The van der Waals surface area contributed by atoms with Crippen LogP contribution in [0.4, 0.5) is 0 Å². The molecule has 138 valence electrons. The van der Waals surface area contributed by atoms with Gasteiger partial charge < -0.3 is 19.1 Å². The van der Waals surface area contributed by atoms with Gasteiger partial charge in [0.25, 0.3) is 0 Å². The Hall–Kier alpha value is -2.34. The Bertz CT molecular complexity index is 780. The number of methoxy groups -OCH3 is 2. The second-order valence-corrected chi connectivity index (χ2v) is 6.90. The summed E-state index contributed by atoms with van der Waals surface area (Å²) in [7, 11) is 3.25. The number of ether oxygens (including phenoxy) is 3. The van der Waals surface area contributed by atoms with Crippen LogP contribution in [0.3, 0.4) is 0 Å². The maximum absolute atomic E-state index is 12.6. The number of hydrogen-bond donors (Lipinski definition) is 0. The Morgan fingerprint density at radius 3 is 2.65 bits per heavy atom. The van der Waals surface area contributed by atoms with Crippen LogP contribution in [-0.4, -0.2) is 37.4 Å². The van der Waals surface area contributed by atoms with Crippen molar-refractivity contribution in [3.63, 3.8) is 0 Å². The number of carbonyl (C=O) groups is 1. The molecular formula is C20H23NO4S. The van der Waals surface area contributed by atoms with Crippen LogP contribution in [0.2, 0.25) is 0 Å². The molecule has 1 fully saturated rings. The first-order valence-corrected chi connectivity index (χ1v) is 9.56. The number of carbonyl (C=O) groups excluding carboxylic acids is 1. The second kappa shape index (κ2) is 8.36. The summed E-state index contributed by atoms with van der Waals surface area (Å²) in [6.07, 6.45) is 0. The molecule has 1 saturated heterocycles. The third-order valence-corrected chi connectivity index (χ3v) is 5.53. The van der Waals surface area contributed by atoms with Gasteiger partial charge in [-0.2, -0.15) is 0 Å². The van der Waals surface area contributed by atoms with Crippen LogP contribution in [0.15, 0.2) is 42.5 Å². The molecule has 0 spiro atoms. The van der Waals surface area contributed by atoms with Crippen molar-refractivity contribution in [2.24, 2.45) is 0 Å². The zero-order valence-electron chi connectivity index (χ0n) is 15.2. The molecule has 2 aromatic rings. The summed E-state index contributed by atoms with van der Waals surface area (Å²) in [5, 5.41) is -0.0722. The van der Waals surface area contributed by atoms with Crippen molar-refractivity contribution in [2.75, 3.05) is 26.6 Å². The normalized spacial score (nSPS) is 16.7. The molecule has 0 bridgehead atoms. The number of hydrogen-bond acceptors (Lipinski definition) is 5. The van der Waals surface area contributed by atoms with E-state index in [1.807, 2.05) is 54.3 Å². The molecule has 1 atom stereocenters. The Morgan fingerprint density at radius 2 is 1.92 bits per heavy atom. The van der Waals surface area contributed by atoms with Gasteiger partial charge in [0.05, 0.1) is 33.1 Å². The lowest BCUT2D eigenvalue weighted by Crippen LogP contribution is -2.28. The number of thioether (sulfide) groups is 1. The quantitative estimate of drug-likeness (QED) is 0.737. The van der Waals surface area contributed by atoms with Crippen molar-refractivity contribution in [3.05, 3.63) is 53.6 Å². The molecule has 1 aliphatic rings. The topological polar surface area (TPSA) is 48.0 Å². The van der Waals surface area contributed by atoms with Crippen molar-refractivity contribution in [1.29, 1.82) is 0 Å². The Kier molecular flexibility index (Phi) is 5.93. The van der Waals surface area contributed by atoms with E-state index in [1.165, 1.54) is 0 Å². The van der Waals surface area contributed by atoms with Crippen LogP contribution in [0.5, 0.6) is 17.2 Å². The molecule has 1 amide bonds. The second-order valence-electron chi connectivity index (χ2n) is 5.83. The van der Waals surface area contributed by atoms with Crippen LogP contribution >= 0.6 is 11.8 Å². The molecule has 0 N–H and O–H groups in total. The van der Waals surface area contributed by atoms with Gasteiger partial charge in [-0.1, -0.05) is 18.2 Å². The van der Waals surface area contributed by atoms with Gasteiger partial charge >= 0.3 is 0 Å². The molecule has 0 aliphatic carbocycles. The maximum Gasteiger partial charge on any atom is 0.234 e. The fraction of sp³-hybridized carbons (Fsp3) is 0.350. The van der Waals surface area contributed by atoms with Gasteiger partial charge in [-0.3, -0.25) is 4.79 Å². The highest BCUT2D eigenvalue weighted by molar-refractivity contribution is 8.00. The molecule has 0 radical (unpaired) electrons. The first-order valence-electron chi connectivity index (χ1n) is 8.51. The van der Waals surface area contributed by atoms with Crippen LogP contribution in [0.25, 0.3) is 0 Å². The lowest BCUT2D eigenvalue weighted by Gasteiger charge is -2.26. The number of para-hydroxylation sites is 1. The average molecular weight is 373 g/mol. The summed E-state index contributed by atoms with van der Waals surface area (Å²) in [4.78, 5) is 14.4. The van der Waals surface area contributed by atoms with E-state index in [4.69, 9.17) is 14.2 Å². The van der Waals surface area contributed by atoms with E-state index in [9.17, 15) is 4.79 Å². The molecule has 1 aliphatic heterocycles. The van der Waals surface area contributed by atoms with E-state index < -0.39 is 0 Å². The van der Waals surface area contributed by atoms with Gasteiger partial charge in [-0.05, 0) is 25.1 Å². The van der Waals surface area contributed by atoms with Gasteiger partial charge in [0.1, 0.15) is 22.6 Å². The summed E-state index contributed by atoms with van der Waals surface area (Å²) < 4.78 is 16.5. The molecule has 0 aromatic heterocycles. The van der Waals surface area contributed by atoms with Crippen molar-refractivity contribution < 1.29 is 19.0 Å². The van der Waals surface area contributed by atoms with Crippen molar-refractivity contribution in [2.45, 2.75) is 18.8 Å². The molecule has 5 nitrogen and oxygen atoms in total. The number of rotatable bonds is 7. The summed E-state index contributed by atoms with van der Waals surface area (Å²) >= 11 is 1.62. The maximum atomic E-state index is 12.6. The van der Waals surface area contributed by atoms with Gasteiger partial charge in [-0.15, -0.1) is 11.8 Å². The van der Waals surface area contributed by atoms with Crippen LogP contribution in [0.1, 0.15) is 23.4 Å². The van der Waals surface area contributed by atoms with Crippen molar-refractivity contribution in [3.8, 4) is 17.2 Å². The van der Waals surface area contributed by atoms with E-state index in [0.29, 0.717) is 24.7 Å². The Morgan fingerprint density at radius 1 is 1.12 bits per heavy atom. The zero-order valence-corrected chi connectivity index (χ0v) is 16.0. The monoisotopic (exact) mass is 373 g/mol. The van der Waals surface area contributed by atoms with Crippen LogP contribution < -0.4 is 14.2 Å². The fourth-order valence-corrected chi connectivity index (χ4v) is 4.23. The Labute approximate surface area is 158 Å². The average Bonchev–Trinajstić information content (AvgIpc) is 3.03. The largest absolute Gasteiger partial charge is 0.497 e. The zero-order chi connectivity index (χ0) is 18.5. The molecule has 0 saturated carbocycles. The molecule has 2 aromatic carbocycles. The van der Waals surface area contributed by atoms with Crippen LogP contribution in [0, 0.1) is 0 Å². The SMILES string of the molecule is CCOc1ccccc1C1SCC(=O)N1Cc1ccc(OC)cc1OC. The Balaban J connectivity index is 1.90. The van der Waals surface area contributed by atoms with E-state index in [1.54, 1.807) is 26.0 Å². The summed E-state index contributed by atoms with van der Waals surface area (Å²) in [6.45, 7) is 3.03. The summed E-state index contributed by atoms with van der Waals surface area (Å²) in [5.74, 6) is 2.85. The highest BCUT2D eigenvalue weighted by atomic mass is 32.2. The smallest absolute Gasteiger partial charge is 0.234 e. The first kappa shape index (κ1) is 18.5. The lowest BCUT2D eigenvalue weighted by molar-refractivity contribution is -0.128. The van der Waals surface area contributed by atoms with E-state index in [0.717, 1.165) is 22.6 Å². The minimum atomic E-state index is -0.0722. The van der Waals surface area contributed by atoms with E-state index >= 15 is 0 Å². The van der Waals surface area contributed by atoms with Gasteiger partial charge in [0, 0.05) is 17.2 Å².